The molecule has 1 unspecified atom stereocenters. The summed E-state index contributed by atoms with van der Waals surface area (Å²) < 4.78 is 2.70. The molecule has 5 aromatic carbocycles. The summed E-state index contributed by atoms with van der Waals surface area (Å²) in [6, 6.07) is 38.2. The Hall–Kier alpha value is -4.76. The van der Waals surface area contributed by atoms with Gasteiger partial charge in [0, 0.05) is 44.8 Å². The van der Waals surface area contributed by atoms with Gasteiger partial charge in [0.25, 0.3) is 6.71 Å². The van der Waals surface area contributed by atoms with Crippen molar-refractivity contribution in [1.29, 1.82) is 0 Å². The molecular weight excluding hydrogens is 699 g/mol. The lowest BCUT2D eigenvalue weighted by Crippen LogP contribution is -2.61. The molecule has 9 rings (SSSR count). The smallest absolute Gasteiger partial charge is 0.252 e. The molecule has 0 spiro atoms. The molecule has 0 saturated carbocycles. The molecule has 2 nitrogen and oxygen atoms in total. The minimum Gasteiger partial charge on any atom is -0.311 e. The van der Waals surface area contributed by atoms with Crippen LogP contribution in [0.5, 0.6) is 0 Å². The minimum absolute atomic E-state index is 0.00417. The Balaban J connectivity index is 1.45. The standard InChI is InChI=1S/C55H63BN2/c1-51(2,3)34-20-24-40(25-21-34)57-46-27-23-37(53(7,8)9)30-43(46)56-44-31-38(54(10,11)12)29-42-41-28-36(52(4,5)6)22-26-45(41)58(50(42)44)48-33-39(32-47(57)49(48)56)55(13,14)35-18-16-15-17-19-35/h15-27,29-33,36H,28H2,1-14H3. The number of anilines is 3. The average molecular weight is 763 g/mol. The van der Waals surface area contributed by atoms with Crippen LogP contribution >= 0.6 is 0 Å². The molecule has 3 aliphatic rings. The molecular formula is C55H63BN2. The highest BCUT2D eigenvalue weighted by Gasteiger charge is 2.45. The molecule has 0 bridgehead atoms. The Morgan fingerprint density at radius 2 is 1.14 bits per heavy atom. The summed E-state index contributed by atoms with van der Waals surface area (Å²) in [6.07, 6.45) is 6.04. The number of hydrogen-bond donors (Lipinski definition) is 0. The summed E-state index contributed by atoms with van der Waals surface area (Å²) in [4.78, 5) is 2.60. The van der Waals surface area contributed by atoms with Gasteiger partial charge in [0.2, 0.25) is 0 Å². The van der Waals surface area contributed by atoms with Crippen molar-refractivity contribution in [2.24, 2.45) is 11.3 Å². The Bertz CT molecular complexity index is 2640. The highest BCUT2D eigenvalue weighted by atomic mass is 15.2. The van der Waals surface area contributed by atoms with Crippen molar-refractivity contribution >= 4 is 57.1 Å². The second-order valence-corrected chi connectivity index (χ2v) is 22.5. The Kier molecular flexibility index (Phi) is 8.43. The van der Waals surface area contributed by atoms with Crippen LogP contribution < -0.4 is 21.3 Å². The third-order valence-electron chi connectivity index (χ3n) is 14.0. The molecule has 296 valence electrons. The predicted octanol–water partition coefficient (Wildman–Crippen LogP) is 12.7. The fourth-order valence-electron chi connectivity index (χ4n) is 10.0. The third-order valence-corrected chi connectivity index (χ3v) is 14.0. The van der Waals surface area contributed by atoms with Crippen molar-refractivity contribution in [3.8, 4) is 5.69 Å². The predicted molar refractivity (Wildman–Crippen MR) is 253 cm³/mol. The monoisotopic (exact) mass is 763 g/mol. The van der Waals surface area contributed by atoms with Crippen LogP contribution in [0.1, 0.15) is 136 Å². The third kappa shape index (κ3) is 5.97. The van der Waals surface area contributed by atoms with Crippen molar-refractivity contribution in [2.75, 3.05) is 4.90 Å². The first-order valence-corrected chi connectivity index (χ1v) is 21.7. The SMILES string of the molecule is CC(C)(C)c1ccc(N2c3ccc(C(C)(C)C)cc3B3c4c2cc(C(C)(C)c2ccccc2)cc4-n2c4c(c5cc(C(C)(C)C)cc3c52)CC(C(C)(C)C)C=C4)cc1. The maximum absolute atomic E-state index is 2.70. The lowest BCUT2D eigenvalue weighted by atomic mass is 9.33. The maximum Gasteiger partial charge on any atom is 0.252 e. The van der Waals surface area contributed by atoms with Crippen molar-refractivity contribution < 1.29 is 0 Å². The van der Waals surface area contributed by atoms with Crippen molar-refractivity contribution in [3.05, 3.63) is 142 Å². The molecule has 6 aromatic rings. The number of nitrogens with zero attached hydrogens (tertiary/aromatic N) is 2. The fourth-order valence-corrected chi connectivity index (χ4v) is 10.0. The second-order valence-electron chi connectivity index (χ2n) is 22.5. The molecule has 3 heteroatoms. The first-order chi connectivity index (χ1) is 27.0. The zero-order chi connectivity index (χ0) is 41.5. The number of fused-ring (bicyclic) bond motifs is 7. The molecule has 1 aliphatic carbocycles. The molecule has 0 N–H and O–H groups in total. The van der Waals surface area contributed by atoms with Gasteiger partial charge in [-0.3, -0.25) is 0 Å². The van der Waals surface area contributed by atoms with Crippen LogP contribution in [-0.4, -0.2) is 11.3 Å². The van der Waals surface area contributed by atoms with Crippen LogP contribution in [0.3, 0.4) is 0 Å². The summed E-state index contributed by atoms with van der Waals surface area (Å²) in [6.45, 7) is 33.3. The van der Waals surface area contributed by atoms with Crippen LogP contribution in [0.25, 0.3) is 22.7 Å². The fraction of sp³-hybridized carbons (Fsp3) is 0.382. The van der Waals surface area contributed by atoms with Gasteiger partial charge in [0.1, 0.15) is 0 Å². The quantitative estimate of drug-likeness (QED) is 0.163. The van der Waals surface area contributed by atoms with Gasteiger partial charge in [-0.1, -0.05) is 164 Å². The minimum atomic E-state index is -0.240. The maximum atomic E-state index is 2.70. The number of aromatic nitrogens is 1. The number of hydrogen-bond acceptors (Lipinski definition) is 1. The van der Waals surface area contributed by atoms with Gasteiger partial charge < -0.3 is 9.47 Å². The van der Waals surface area contributed by atoms with Gasteiger partial charge >= 0.3 is 0 Å². The first kappa shape index (κ1) is 38.7. The molecule has 58 heavy (non-hydrogen) atoms. The lowest BCUT2D eigenvalue weighted by Gasteiger charge is -2.42. The molecule has 0 amide bonds. The van der Waals surface area contributed by atoms with Crippen LogP contribution in [0, 0.1) is 11.3 Å². The summed E-state index contributed by atoms with van der Waals surface area (Å²) in [5.41, 5.74) is 20.4. The van der Waals surface area contributed by atoms with Crippen molar-refractivity contribution in [1.82, 2.24) is 4.57 Å². The van der Waals surface area contributed by atoms with Crippen LogP contribution in [0.4, 0.5) is 17.1 Å². The molecule has 0 saturated heterocycles. The van der Waals surface area contributed by atoms with E-state index in [0.717, 1.165) is 6.42 Å². The Labute approximate surface area is 349 Å². The van der Waals surface area contributed by atoms with Gasteiger partial charge in [-0.15, -0.1) is 0 Å². The average Bonchev–Trinajstić information content (AvgIpc) is 3.49. The van der Waals surface area contributed by atoms with Crippen LogP contribution in [0.2, 0.25) is 0 Å². The Morgan fingerprint density at radius 1 is 0.534 bits per heavy atom. The number of benzene rings is 5. The molecule has 0 fully saturated rings. The Morgan fingerprint density at radius 3 is 1.76 bits per heavy atom. The first-order valence-electron chi connectivity index (χ1n) is 21.7. The van der Waals surface area contributed by atoms with Gasteiger partial charge in [-0.25, -0.2) is 0 Å². The largest absolute Gasteiger partial charge is 0.311 e. The van der Waals surface area contributed by atoms with Crippen LogP contribution in [-0.2, 0) is 28.1 Å². The summed E-state index contributed by atoms with van der Waals surface area (Å²) in [5, 5.41) is 1.43. The lowest BCUT2D eigenvalue weighted by molar-refractivity contribution is 0.291. The van der Waals surface area contributed by atoms with Crippen LogP contribution in [0.15, 0.2) is 103 Å². The summed E-state index contributed by atoms with van der Waals surface area (Å²) in [7, 11) is 0. The number of allylic oxidation sites excluding steroid dienone is 1. The topological polar surface area (TPSA) is 8.17 Å². The normalized spacial score (nSPS) is 16.4. The molecule has 0 radical (unpaired) electrons. The highest BCUT2D eigenvalue weighted by molar-refractivity contribution is 7.00. The van der Waals surface area contributed by atoms with Gasteiger partial charge in [-0.2, -0.15) is 0 Å². The molecule has 1 atom stereocenters. The summed E-state index contributed by atoms with van der Waals surface area (Å²) in [5.74, 6) is 0.466. The van der Waals surface area contributed by atoms with Gasteiger partial charge in [-0.05, 0) is 126 Å². The molecule has 3 heterocycles. The van der Waals surface area contributed by atoms with E-state index in [9.17, 15) is 0 Å². The van der Waals surface area contributed by atoms with E-state index in [4.69, 9.17) is 0 Å². The van der Waals surface area contributed by atoms with E-state index in [1.54, 1.807) is 0 Å². The second kappa shape index (κ2) is 12.6. The van der Waals surface area contributed by atoms with E-state index in [0.29, 0.717) is 5.92 Å². The van der Waals surface area contributed by atoms with E-state index in [1.807, 2.05) is 0 Å². The number of rotatable bonds is 3. The molecule has 1 aromatic heterocycles. The zero-order valence-electron chi connectivity index (χ0n) is 37.6. The highest BCUT2D eigenvalue weighted by Crippen LogP contribution is 2.47. The van der Waals surface area contributed by atoms with E-state index >= 15 is 0 Å². The van der Waals surface area contributed by atoms with E-state index in [-0.39, 0.29) is 33.8 Å². The zero-order valence-corrected chi connectivity index (χ0v) is 37.6. The van der Waals surface area contributed by atoms with Crippen molar-refractivity contribution in [2.45, 2.75) is 125 Å². The van der Waals surface area contributed by atoms with E-state index < -0.39 is 0 Å². The molecule has 2 aliphatic heterocycles. The van der Waals surface area contributed by atoms with E-state index in [2.05, 4.69) is 216 Å². The van der Waals surface area contributed by atoms with Gasteiger partial charge in [0.05, 0.1) is 0 Å². The summed E-state index contributed by atoms with van der Waals surface area (Å²) >= 11 is 0. The van der Waals surface area contributed by atoms with E-state index in [1.165, 1.54) is 89.1 Å². The van der Waals surface area contributed by atoms with Gasteiger partial charge in [0.15, 0.2) is 0 Å². The van der Waals surface area contributed by atoms with Crippen molar-refractivity contribution in [3.63, 3.8) is 0 Å².